The van der Waals surface area contributed by atoms with E-state index in [1.165, 1.54) is 16.9 Å². The van der Waals surface area contributed by atoms with Crippen molar-refractivity contribution in [3.63, 3.8) is 0 Å². The minimum atomic E-state index is -0.431. The van der Waals surface area contributed by atoms with Crippen molar-refractivity contribution in [2.45, 2.75) is 6.92 Å². The molecule has 16 heavy (non-hydrogen) atoms. The van der Waals surface area contributed by atoms with Crippen LogP contribution >= 0.6 is 0 Å². The molecule has 0 bridgehead atoms. The molecular formula is C9H9N5O2. The summed E-state index contributed by atoms with van der Waals surface area (Å²) in [4.78, 5) is 10.3. The zero-order valence-electron chi connectivity index (χ0n) is 8.49. The maximum absolute atomic E-state index is 10.7. The van der Waals surface area contributed by atoms with Crippen molar-refractivity contribution >= 4 is 11.5 Å². The van der Waals surface area contributed by atoms with Crippen LogP contribution in [0.2, 0.25) is 0 Å². The molecule has 0 saturated carbocycles. The summed E-state index contributed by atoms with van der Waals surface area (Å²) in [5.74, 6) is 0.267. The van der Waals surface area contributed by atoms with E-state index in [2.05, 4.69) is 10.3 Å². The normalized spacial score (nSPS) is 10.3. The van der Waals surface area contributed by atoms with Crippen LogP contribution in [0.15, 0.2) is 24.4 Å². The fourth-order valence-corrected chi connectivity index (χ4v) is 1.34. The molecule has 0 spiro atoms. The Morgan fingerprint density at radius 1 is 1.50 bits per heavy atom. The zero-order valence-corrected chi connectivity index (χ0v) is 8.49. The molecule has 0 aliphatic carbocycles. The van der Waals surface area contributed by atoms with E-state index in [1.54, 1.807) is 19.1 Å². The fraction of sp³-hybridized carbons (Fsp3) is 0.111. The number of anilines is 1. The average molecular weight is 219 g/mol. The van der Waals surface area contributed by atoms with Gasteiger partial charge in [0.25, 0.3) is 5.69 Å². The van der Waals surface area contributed by atoms with Crippen molar-refractivity contribution in [2.24, 2.45) is 0 Å². The number of nitrogens with zero attached hydrogens (tertiary/aromatic N) is 4. The highest BCUT2D eigenvalue weighted by Crippen LogP contribution is 2.21. The maximum Gasteiger partial charge on any atom is 0.274 e. The third kappa shape index (κ3) is 1.70. The number of aryl methyl sites for hydroxylation is 1. The fourth-order valence-electron chi connectivity index (χ4n) is 1.34. The van der Waals surface area contributed by atoms with Crippen molar-refractivity contribution in [1.29, 1.82) is 0 Å². The summed E-state index contributed by atoms with van der Waals surface area (Å²) in [5.41, 5.74) is 6.62. The lowest BCUT2D eigenvalue weighted by Gasteiger charge is -2.01. The van der Waals surface area contributed by atoms with Gasteiger partial charge in [-0.15, -0.1) is 5.10 Å². The van der Waals surface area contributed by atoms with Crippen LogP contribution in [0, 0.1) is 17.0 Å². The topological polar surface area (TPSA) is 99.9 Å². The van der Waals surface area contributed by atoms with Crippen LogP contribution in [-0.4, -0.2) is 19.9 Å². The lowest BCUT2D eigenvalue weighted by Crippen LogP contribution is -1.98. The van der Waals surface area contributed by atoms with Gasteiger partial charge in [-0.1, -0.05) is 11.3 Å². The van der Waals surface area contributed by atoms with E-state index < -0.39 is 4.92 Å². The van der Waals surface area contributed by atoms with Crippen molar-refractivity contribution in [1.82, 2.24) is 15.0 Å². The number of nitro benzene ring substituents is 1. The summed E-state index contributed by atoms with van der Waals surface area (Å²) in [6.45, 7) is 1.68. The molecule has 0 aliphatic heterocycles. The summed E-state index contributed by atoms with van der Waals surface area (Å²) >= 11 is 0. The second-order valence-corrected chi connectivity index (χ2v) is 3.32. The lowest BCUT2D eigenvalue weighted by molar-refractivity contribution is -0.385. The summed E-state index contributed by atoms with van der Waals surface area (Å²) in [7, 11) is 0. The molecule has 1 heterocycles. The highest BCUT2D eigenvalue weighted by Gasteiger charge is 2.12. The molecule has 0 aliphatic rings. The zero-order chi connectivity index (χ0) is 11.7. The van der Waals surface area contributed by atoms with Crippen LogP contribution in [0.5, 0.6) is 0 Å². The van der Waals surface area contributed by atoms with Gasteiger partial charge in [0.2, 0.25) is 0 Å². The molecule has 0 unspecified atom stereocenters. The third-order valence-corrected chi connectivity index (χ3v) is 2.17. The Balaban J connectivity index is 2.51. The van der Waals surface area contributed by atoms with Gasteiger partial charge in [-0.25, -0.2) is 4.68 Å². The van der Waals surface area contributed by atoms with Crippen LogP contribution in [-0.2, 0) is 0 Å². The molecule has 0 radical (unpaired) electrons. The maximum atomic E-state index is 10.7. The van der Waals surface area contributed by atoms with E-state index >= 15 is 0 Å². The average Bonchev–Trinajstić information content (AvgIpc) is 2.65. The molecule has 2 N–H and O–H groups in total. The first-order valence-electron chi connectivity index (χ1n) is 4.51. The van der Waals surface area contributed by atoms with Crippen LogP contribution in [0.3, 0.4) is 0 Å². The standard InChI is InChI=1S/C9H9N5O2/c1-6-2-3-7(4-8(6)14(15)16)13-5-9(10)11-12-13/h2-5H,10H2,1H3. The van der Waals surface area contributed by atoms with Gasteiger partial charge in [0.05, 0.1) is 16.8 Å². The number of nitrogens with two attached hydrogens (primary N) is 1. The Morgan fingerprint density at radius 3 is 2.81 bits per heavy atom. The van der Waals surface area contributed by atoms with Gasteiger partial charge in [-0.2, -0.15) is 0 Å². The Bertz CT molecular complexity index is 549. The molecule has 7 heteroatoms. The van der Waals surface area contributed by atoms with Gasteiger partial charge in [0, 0.05) is 11.6 Å². The molecule has 82 valence electrons. The largest absolute Gasteiger partial charge is 0.381 e. The summed E-state index contributed by atoms with van der Waals surface area (Å²) < 4.78 is 1.39. The second-order valence-electron chi connectivity index (χ2n) is 3.32. The first-order chi connectivity index (χ1) is 7.58. The van der Waals surface area contributed by atoms with E-state index in [-0.39, 0.29) is 11.5 Å². The summed E-state index contributed by atoms with van der Waals surface area (Å²) in [6.07, 6.45) is 1.49. The third-order valence-electron chi connectivity index (χ3n) is 2.17. The van der Waals surface area contributed by atoms with Crippen LogP contribution in [0.25, 0.3) is 5.69 Å². The highest BCUT2D eigenvalue weighted by atomic mass is 16.6. The molecule has 0 atom stereocenters. The van der Waals surface area contributed by atoms with Crippen LogP contribution < -0.4 is 5.73 Å². The molecule has 7 nitrogen and oxygen atoms in total. The van der Waals surface area contributed by atoms with Gasteiger partial charge < -0.3 is 5.73 Å². The van der Waals surface area contributed by atoms with Crippen molar-refractivity contribution in [3.8, 4) is 5.69 Å². The molecular weight excluding hydrogens is 210 g/mol. The Morgan fingerprint density at radius 2 is 2.25 bits per heavy atom. The highest BCUT2D eigenvalue weighted by molar-refractivity contribution is 5.48. The Labute approximate surface area is 90.6 Å². The number of nitrogen functional groups attached to an aromatic ring is 1. The predicted molar refractivity (Wildman–Crippen MR) is 57.2 cm³/mol. The van der Waals surface area contributed by atoms with E-state index in [0.717, 1.165) is 0 Å². The molecule has 1 aromatic carbocycles. The molecule has 2 aromatic rings. The van der Waals surface area contributed by atoms with E-state index in [9.17, 15) is 10.1 Å². The SMILES string of the molecule is Cc1ccc(-n2cc(N)nn2)cc1[N+](=O)[O-]. The quantitative estimate of drug-likeness (QED) is 0.601. The van der Waals surface area contributed by atoms with E-state index in [4.69, 9.17) is 5.73 Å². The van der Waals surface area contributed by atoms with Gasteiger partial charge in [-0.3, -0.25) is 10.1 Å². The number of rotatable bonds is 2. The monoisotopic (exact) mass is 219 g/mol. The van der Waals surface area contributed by atoms with Gasteiger partial charge in [0.1, 0.15) is 0 Å². The Hall–Kier alpha value is -2.44. The molecule has 0 amide bonds. The van der Waals surface area contributed by atoms with Crippen LogP contribution in [0.1, 0.15) is 5.56 Å². The minimum Gasteiger partial charge on any atom is -0.381 e. The second kappa shape index (κ2) is 3.61. The molecule has 1 aromatic heterocycles. The molecule has 2 rings (SSSR count). The lowest BCUT2D eigenvalue weighted by atomic mass is 10.2. The van der Waals surface area contributed by atoms with Crippen LogP contribution in [0.4, 0.5) is 11.5 Å². The smallest absolute Gasteiger partial charge is 0.274 e. The Kier molecular flexibility index (Phi) is 2.28. The minimum absolute atomic E-state index is 0.0478. The number of aromatic nitrogens is 3. The van der Waals surface area contributed by atoms with Crippen molar-refractivity contribution in [3.05, 3.63) is 40.1 Å². The first kappa shape index (κ1) is 10.1. The first-order valence-corrected chi connectivity index (χ1v) is 4.51. The number of benzene rings is 1. The molecule has 0 fully saturated rings. The molecule has 0 saturated heterocycles. The summed E-state index contributed by atoms with van der Waals surface area (Å²) in [6, 6.07) is 4.81. The number of hydrogen-bond donors (Lipinski definition) is 1. The number of nitro groups is 1. The van der Waals surface area contributed by atoms with Crippen molar-refractivity contribution < 1.29 is 4.92 Å². The van der Waals surface area contributed by atoms with E-state index in [0.29, 0.717) is 11.3 Å². The van der Waals surface area contributed by atoms with Gasteiger partial charge in [-0.05, 0) is 13.0 Å². The summed E-state index contributed by atoms with van der Waals surface area (Å²) in [5, 5.41) is 18.1. The predicted octanol–water partition coefficient (Wildman–Crippen LogP) is 1.07. The van der Waals surface area contributed by atoms with Gasteiger partial charge in [0.15, 0.2) is 5.82 Å². The number of hydrogen-bond acceptors (Lipinski definition) is 5. The van der Waals surface area contributed by atoms with Gasteiger partial charge >= 0.3 is 0 Å². The van der Waals surface area contributed by atoms with E-state index in [1.807, 2.05) is 0 Å². The van der Waals surface area contributed by atoms with Crippen molar-refractivity contribution in [2.75, 3.05) is 5.73 Å².